The predicted molar refractivity (Wildman–Crippen MR) is 126 cm³/mol. The summed E-state index contributed by atoms with van der Waals surface area (Å²) in [5.41, 5.74) is 1.67. The number of pyridine rings is 1. The average Bonchev–Trinajstić information content (AvgIpc) is 2.85. The van der Waals surface area contributed by atoms with Gasteiger partial charge in [0.25, 0.3) is 0 Å². The van der Waals surface area contributed by atoms with E-state index in [1.54, 1.807) is 12.4 Å². The summed E-state index contributed by atoms with van der Waals surface area (Å²) < 4.78 is 0. The van der Waals surface area contributed by atoms with Crippen molar-refractivity contribution in [2.24, 2.45) is 0 Å². The fourth-order valence-electron chi connectivity index (χ4n) is 3.75. The summed E-state index contributed by atoms with van der Waals surface area (Å²) in [6.45, 7) is 2.65. The Morgan fingerprint density at radius 2 is 1.66 bits per heavy atom. The molecule has 32 heavy (non-hydrogen) atoms. The number of hydrogen-bond acceptors (Lipinski definition) is 6. The van der Waals surface area contributed by atoms with E-state index >= 15 is 0 Å². The highest BCUT2D eigenvalue weighted by Gasteiger charge is 2.22. The summed E-state index contributed by atoms with van der Waals surface area (Å²) in [6.07, 6.45) is 3.46. The van der Waals surface area contributed by atoms with Crippen LogP contribution in [0.3, 0.4) is 0 Å². The largest absolute Gasteiger partial charge is 0.352 e. The fourth-order valence-corrected chi connectivity index (χ4v) is 3.75. The van der Waals surface area contributed by atoms with E-state index in [1.165, 1.54) is 0 Å². The fraction of sp³-hybridized carbons (Fsp3) is 0.167. The van der Waals surface area contributed by atoms with E-state index in [0.717, 1.165) is 28.0 Å². The van der Waals surface area contributed by atoms with Crippen molar-refractivity contribution >= 4 is 39.8 Å². The summed E-state index contributed by atoms with van der Waals surface area (Å²) in [6, 6.07) is 21.6. The molecular weight excluding hydrogens is 402 g/mol. The molecule has 5 rings (SSSR count). The van der Waals surface area contributed by atoms with Gasteiger partial charge < -0.3 is 20.4 Å². The zero-order valence-corrected chi connectivity index (χ0v) is 17.5. The van der Waals surface area contributed by atoms with Crippen molar-refractivity contribution in [1.29, 1.82) is 0 Å². The van der Waals surface area contributed by atoms with Gasteiger partial charge >= 0.3 is 6.03 Å². The van der Waals surface area contributed by atoms with Gasteiger partial charge in [-0.1, -0.05) is 30.3 Å². The molecule has 8 heteroatoms. The molecular formula is C24H23N7O. The molecule has 2 aromatic heterocycles. The lowest BCUT2D eigenvalue weighted by atomic mass is 10.1. The van der Waals surface area contributed by atoms with Gasteiger partial charge in [-0.15, -0.1) is 10.2 Å². The summed E-state index contributed by atoms with van der Waals surface area (Å²) in [7, 11) is 0. The summed E-state index contributed by atoms with van der Waals surface area (Å²) in [5, 5.41) is 17.1. The summed E-state index contributed by atoms with van der Waals surface area (Å²) in [4.78, 5) is 20.8. The SMILES string of the molecule is O=C(Nc1ccc2ccccc2c1)N1CCN(c2ccc(Nc3cccnc3)nn2)CC1. The molecule has 1 saturated heterocycles. The molecule has 0 bridgehead atoms. The number of carbonyl (C=O) groups is 1. The predicted octanol–water partition coefficient (Wildman–Crippen LogP) is 4.12. The highest BCUT2D eigenvalue weighted by atomic mass is 16.2. The number of amides is 2. The van der Waals surface area contributed by atoms with Gasteiger partial charge in [-0.25, -0.2) is 4.79 Å². The Morgan fingerprint density at radius 1 is 0.812 bits per heavy atom. The van der Waals surface area contributed by atoms with Gasteiger partial charge in [-0.05, 0) is 47.2 Å². The van der Waals surface area contributed by atoms with Gasteiger partial charge in [-0.2, -0.15) is 0 Å². The maximum atomic E-state index is 12.7. The number of anilines is 4. The van der Waals surface area contributed by atoms with Crippen LogP contribution in [0.25, 0.3) is 10.8 Å². The number of carbonyl (C=O) groups excluding carboxylic acids is 1. The molecule has 2 amide bonds. The van der Waals surface area contributed by atoms with E-state index in [0.29, 0.717) is 32.0 Å². The van der Waals surface area contributed by atoms with E-state index in [-0.39, 0.29) is 6.03 Å². The zero-order chi connectivity index (χ0) is 21.8. The van der Waals surface area contributed by atoms with Gasteiger partial charge in [0.1, 0.15) is 0 Å². The van der Waals surface area contributed by atoms with E-state index < -0.39 is 0 Å². The second-order valence-electron chi connectivity index (χ2n) is 7.61. The lowest BCUT2D eigenvalue weighted by Crippen LogP contribution is -2.50. The maximum Gasteiger partial charge on any atom is 0.321 e. The molecule has 8 nitrogen and oxygen atoms in total. The number of nitrogens with one attached hydrogen (secondary N) is 2. The van der Waals surface area contributed by atoms with Crippen molar-refractivity contribution in [3.8, 4) is 0 Å². The molecule has 160 valence electrons. The Hall–Kier alpha value is -4.20. The Labute approximate surface area is 185 Å². The molecule has 4 aromatic rings. The van der Waals surface area contributed by atoms with Gasteiger partial charge in [0.05, 0.1) is 11.9 Å². The minimum Gasteiger partial charge on any atom is -0.352 e. The lowest BCUT2D eigenvalue weighted by Gasteiger charge is -2.35. The number of piperazine rings is 1. The lowest BCUT2D eigenvalue weighted by molar-refractivity contribution is 0.208. The molecule has 0 aliphatic carbocycles. The number of benzene rings is 2. The molecule has 0 atom stereocenters. The number of fused-ring (bicyclic) bond motifs is 1. The van der Waals surface area contributed by atoms with E-state index in [9.17, 15) is 4.79 Å². The molecule has 2 N–H and O–H groups in total. The van der Waals surface area contributed by atoms with Crippen LogP contribution in [0.15, 0.2) is 79.1 Å². The second kappa shape index (κ2) is 8.89. The van der Waals surface area contributed by atoms with Gasteiger partial charge in [0, 0.05) is 38.1 Å². The van der Waals surface area contributed by atoms with Crippen molar-refractivity contribution in [3.63, 3.8) is 0 Å². The third kappa shape index (κ3) is 4.44. The van der Waals surface area contributed by atoms with E-state index in [2.05, 4.69) is 36.8 Å². The zero-order valence-electron chi connectivity index (χ0n) is 17.5. The van der Waals surface area contributed by atoms with Crippen LogP contribution in [0.2, 0.25) is 0 Å². The quantitative estimate of drug-likeness (QED) is 0.512. The van der Waals surface area contributed by atoms with Crippen LogP contribution in [0, 0.1) is 0 Å². The van der Waals surface area contributed by atoms with E-state index in [1.807, 2.05) is 65.6 Å². The molecule has 1 aliphatic rings. The van der Waals surface area contributed by atoms with Crippen molar-refractivity contribution in [1.82, 2.24) is 20.1 Å². The first-order valence-electron chi connectivity index (χ1n) is 10.5. The standard InChI is InChI=1S/C24H23N7O/c32-24(27-20-8-7-18-4-1-2-5-19(18)16-20)31-14-12-30(13-15-31)23-10-9-22(28-29-23)26-21-6-3-11-25-17-21/h1-11,16-17H,12-15H2,(H,26,28)(H,27,32). The molecule has 1 aliphatic heterocycles. The molecule has 2 aromatic carbocycles. The first-order chi connectivity index (χ1) is 15.7. The third-order valence-corrected chi connectivity index (χ3v) is 5.48. The van der Waals surface area contributed by atoms with Crippen LogP contribution in [0.4, 0.5) is 27.8 Å². The molecule has 0 saturated carbocycles. The number of urea groups is 1. The Balaban J connectivity index is 1.16. The Bertz CT molecular complexity index is 1210. The first-order valence-corrected chi connectivity index (χ1v) is 10.5. The van der Waals surface area contributed by atoms with Crippen LogP contribution in [0.1, 0.15) is 0 Å². The smallest absolute Gasteiger partial charge is 0.321 e. The highest BCUT2D eigenvalue weighted by molar-refractivity contribution is 5.93. The van der Waals surface area contributed by atoms with Crippen LogP contribution >= 0.6 is 0 Å². The molecule has 0 radical (unpaired) electrons. The van der Waals surface area contributed by atoms with Crippen molar-refractivity contribution in [2.75, 3.05) is 41.7 Å². The summed E-state index contributed by atoms with van der Waals surface area (Å²) in [5.74, 6) is 1.46. The first kappa shape index (κ1) is 19.7. The van der Waals surface area contributed by atoms with Gasteiger partial charge in [0.2, 0.25) is 0 Å². The van der Waals surface area contributed by atoms with Crippen molar-refractivity contribution in [3.05, 3.63) is 79.1 Å². The van der Waals surface area contributed by atoms with Gasteiger partial charge in [-0.3, -0.25) is 4.98 Å². The number of hydrogen-bond donors (Lipinski definition) is 2. The number of rotatable bonds is 4. The number of nitrogens with zero attached hydrogens (tertiary/aromatic N) is 5. The Morgan fingerprint density at radius 3 is 2.41 bits per heavy atom. The highest BCUT2D eigenvalue weighted by Crippen LogP contribution is 2.20. The van der Waals surface area contributed by atoms with Crippen LogP contribution in [0.5, 0.6) is 0 Å². The summed E-state index contributed by atoms with van der Waals surface area (Å²) >= 11 is 0. The van der Waals surface area contributed by atoms with Crippen molar-refractivity contribution < 1.29 is 4.79 Å². The average molecular weight is 425 g/mol. The Kier molecular flexibility index (Phi) is 5.48. The third-order valence-electron chi connectivity index (χ3n) is 5.48. The molecule has 0 spiro atoms. The van der Waals surface area contributed by atoms with Gasteiger partial charge in [0.15, 0.2) is 11.6 Å². The monoisotopic (exact) mass is 425 g/mol. The van der Waals surface area contributed by atoms with E-state index in [4.69, 9.17) is 0 Å². The minimum atomic E-state index is -0.0815. The maximum absolute atomic E-state index is 12.7. The van der Waals surface area contributed by atoms with Crippen molar-refractivity contribution in [2.45, 2.75) is 0 Å². The molecule has 0 unspecified atom stereocenters. The van der Waals surface area contributed by atoms with Crippen LogP contribution in [-0.4, -0.2) is 52.3 Å². The number of aromatic nitrogens is 3. The van der Waals surface area contributed by atoms with Crippen LogP contribution in [-0.2, 0) is 0 Å². The topological polar surface area (TPSA) is 86.3 Å². The molecule has 3 heterocycles. The second-order valence-corrected chi connectivity index (χ2v) is 7.61. The molecule has 1 fully saturated rings. The minimum absolute atomic E-state index is 0.0815. The van der Waals surface area contributed by atoms with Crippen LogP contribution < -0.4 is 15.5 Å². The normalized spacial score (nSPS) is 13.8.